The van der Waals surface area contributed by atoms with Crippen LogP contribution in [0.25, 0.3) is 0 Å². The maximum Gasteiger partial charge on any atom is 0.0608 e. The molecule has 0 amide bonds. The summed E-state index contributed by atoms with van der Waals surface area (Å²) in [5, 5.41) is 9.34. The van der Waals surface area contributed by atoms with E-state index in [1.807, 2.05) is 7.11 Å². The van der Waals surface area contributed by atoms with Crippen molar-refractivity contribution in [2.75, 3.05) is 13.7 Å². The van der Waals surface area contributed by atoms with E-state index in [4.69, 9.17) is 4.74 Å². The number of aliphatic hydroxyl groups excluding tert-OH is 1. The molecule has 4 aliphatic carbocycles. The van der Waals surface area contributed by atoms with Gasteiger partial charge in [0.25, 0.3) is 0 Å². The highest BCUT2D eigenvalue weighted by molar-refractivity contribution is 5.25. The lowest BCUT2D eigenvalue weighted by Gasteiger charge is -2.58. The van der Waals surface area contributed by atoms with Crippen LogP contribution in [0.4, 0.5) is 0 Å². The van der Waals surface area contributed by atoms with Crippen LogP contribution >= 0.6 is 0 Å². The molecule has 4 aliphatic rings. The van der Waals surface area contributed by atoms with E-state index in [0.717, 1.165) is 29.6 Å². The Kier molecular flexibility index (Phi) is 6.77. The highest BCUT2D eigenvalue weighted by atomic mass is 16.5. The molecule has 2 nitrogen and oxygen atoms in total. The quantitative estimate of drug-likeness (QED) is 0.452. The van der Waals surface area contributed by atoms with E-state index < -0.39 is 0 Å². The van der Waals surface area contributed by atoms with E-state index >= 15 is 0 Å². The third-order valence-corrected chi connectivity index (χ3v) is 10.8. The summed E-state index contributed by atoms with van der Waals surface area (Å²) in [6, 6.07) is 0. The van der Waals surface area contributed by atoms with Gasteiger partial charge < -0.3 is 9.84 Å². The zero-order chi connectivity index (χ0) is 21.5. The molecule has 1 N–H and O–H groups in total. The molecule has 9 atom stereocenters. The van der Waals surface area contributed by atoms with Crippen molar-refractivity contribution in [3.05, 3.63) is 11.6 Å². The molecule has 0 bridgehead atoms. The molecule has 0 unspecified atom stereocenters. The first-order valence-electron chi connectivity index (χ1n) is 13.2. The SMILES string of the molecule is CO[C@H]1CC[C@@]2(C)C(=CC[C@H]3[C@@H]4CC[C@H]([C@H](C)CCC[C@@H](C)CO)[C@@]4(C)CC[C@@H]32)C1. The zero-order valence-corrected chi connectivity index (χ0v) is 20.5. The van der Waals surface area contributed by atoms with E-state index in [-0.39, 0.29) is 0 Å². The Hall–Kier alpha value is -0.340. The lowest BCUT2D eigenvalue weighted by Crippen LogP contribution is -2.50. The van der Waals surface area contributed by atoms with E-state index in [1.54, 1.807) is 5.57 Å². The molecule has 0 aromatic rings. The van der Waals surface area contributed by atoms with Gasteiger partial charge in [-0.2, -0.15) is 0 Å². The van der Waals surface area contributed by atoms with Crippen molar-refractivity contribution in [1.82, 2.24) is 0 Å². The van der Waals surface area contributed by atoms with Gasteiger partial charge in [0.1, 0.15) is 0 Å². The summed E-state index contributed by atoms with van der Waals surface area (Å²) in [5.41, 5.74) is 2.75. The fraction of sp³-hybridized carbons (Fsp3) is 0.929. The third kappa shape index (κ3) is 3.83. The third-order valence-electron chi connectivity index (χ3n) is 10.8. The highest BCUT2D eigenvalue weighted by Crippen LogP contribution is 2.67. The Morgan fingerprint density at radius 3 is 2.60 bits per heavy atom. The first-order valence-corrected chi connectivity index (χ1v) is 13.2. The van der Waals surface area contributed by atoms with Crippen molar-refractivity contribution in [2.45, 2.75) is 104 Å². The van der Waals surface area contributed by atoms with Crippen LogP contribution in [0.3, 0.4) is 0 Å². The number of allylic oxidation sites excluding steroid dienone is 1. The summed E-state index contributed by atoms with van der Waals surface area (Å²) in [6.45, 7) is 10.4. The number of hydrogen-bond acceptors (Lipinski definition) is 2. The summed E-state index contributed by atoms with van der Waals surface area (Å²) in [5.74, 6) is 4.99. The zero-order valence-electron chi connectivity index (χ0n) is 20.5. The van der Waals surface area contributed by atoms with Crippen molar-refractivity contribution in [1.29, 1.82) is 0 Å². The molecule has 0 aromatic heterocycles. The Balaban J connectivity index is 1.45. The van der Waals surface area contributed by atoms with Crippen molar-refractivity contribution >= 4 is 0 Å². The first kappa shape index (κ1) is 22.8. The Morgan fingerprint density at radius 2 is 1.87 bits per heavy atom. The fourth-order valence-electron chi connectivity index (χ4n) is 8.88. The number of methoxy groups -OCH3 is 1. The lowest BCUT2D eigenvalue weighted by molar-refractivity contribution is -0.0601. The van der Waals surface area contributed by atoms with Crippen molar-refractivity contribution < 1.29 is 9.84 Å². The average Bonchev–Trinajstić information content (AvgIpc) is 3.10. The fourth-order valence-corrected chi connectivity index (χ4v) is 8.88. The van der Waals surface area contributed by atoms with E-state index in [0.29, 0.717) is 29.5 Å². The van der Waals surface area contributed by atoms with E-state index in [9.17, 15) is 5.11 Å². The number of hydrogen-bond donors (Lipinski definition) is 1. The smallest absolute Gasteiger partial charge is 0.0608 e. The predicted molar refractivity (Wildman–Crippen MR) is 125 cm³/mol. The molecule has 0 spiro atoms. The summed E-state index contributed by atoms with van der Waals surface area (Å²) in [4.78, 5) is 0. The molecule has 0 radical (unpaired) electrons. The van der Waals surface area contributed by atoms with Crippen molar-refractivity contribution in [3.63, 3.8) is 0 Å². The maximum atomic E-state index is 9.34. The molecule has 172 valence electrons. The summed E-state index contributed by atoms with van der Waals surface area (Å²) in [7, 11) is 1.90. The van der Waals surface area contributed by atoms with Crippen molar-refractivity contribution in [2.24, 2.45) is 46.3 Å². The minimum absolute atomic E-state index is 0.347. The number of fused-ring (bicyclic) bond motifs is 5. The van der Waals surface area contributed by atoms with Crippen LogP contribution in [0.5, 0.6) is 0 Å². The number of ether oxygens (including phenoxy) is 1. The Morgan fingerprint density at radius 1 is 1.07 bits per heavy atom. The van der Waals surface area contributed by atoms with E-state index in [2.05, 4.69) is 33.8 Å². The lowest BCUT2D eigenvalue weighted by atomic mass is 9.47. The van der Waals surface area contributed by atoms with E-state index in [1.165, 1.54) is 70.6 Å². The first-order chi connectivity index (χ1) is 14.3. The molecule has 2 heteroatoms. The second kappa shape index (κ2) is 8.89. The van der Waals surface area contributed by atoms with Gasteiger partial charge in [0.15, 0.2) is 0 Å². The highest BCUT2D eigenvalue weighted by Gasteiger charge is 2.59. The number of aliphatic hydroxyl groups is 1. The minimum atomic E-state index is 0.347. The minimum Gasteiger partial charge on any atom is -0.396 e. The molecule has 0 saturated heterocycles. The average molecular weight is 417 g/mol. The summed E-state index contributed by atoms with van der Waals surface area (Å²) in [6.07, 6.45) is 17.9. The molecule has 3 saturated carbocycles. The number of rotatable bonds is 7. The van der Waals surface area contributed by atoms with Gasteiger partial charge in [-0.3, -0.25) is 0 Å². The van der Waals surface area contributed by atoms with Crippen LogP contribution in [0.2, 0.25) is 0 Å². The second-order valence-corrected chi connectivity index (χ2v) is 12.3. The normalized spacial score (nSPS) is 45.1. The van der Waals surface area contributed by atoms with Gasteiger partial charge in [0.2, 0.25) is 0 Å². The van der Waals surface area contributed by atoms with Crippen molar-refractivity contribution in [3.8, 4) is 0 Å². The van der Waals surface area contributed by atoms with Crippen LogP contribution < -0.4 is 0 Å². The molecule has 0 heterocycles. The Labute approximate surface area is 186 Å². The van der Waals surface area contributed by atoms with Crippen LogP contribution in [-0.2, 0) is 4.74 Å². The van der Waals surface area contributed by atoms with Gasteiger partial charge >= 0.3 is 0 Å². The van der Waals surface area contributed by atoms with Crippen LogP contribution in [0.15, 0.2) is 11.6 Å². The van der Waals surface area contributed by atoms with Gasteiger partial charge in [0.05, 0.1) is 6.10 Å². The van der Waals surface area contributed by atoms with Crippen LogP contribution in [0.1, 0.15) is 98.3 Å². The molecular formula is C28H48O2. The molecule has 0 aromatic carbocycles. The van der Waals surface area contributed by atoms with Crippen LogP contribution in [-0.4, -0.2) is 24.9 Å². The van der Waals surface area contributed by atoms with Gasteiger partial charge in [0, 0.05) is 13.7 Å². The second-order valence-electron chi connectivity index (χ2n) is 12.3. The molecule has 30 heavy (non-hydrogen) atoms. The molecular weight excluding hydrogens is 368 g/mol. The summed E-state index contributed by atoms with van der Waals surface area (Å²) >= 11 is 0. The van der Waals surface area contributed by atoms with Gasteiger partial charge in [-0.15, -0.1) is 0 Å². The van der Waals surface area contributed by atoms with Gasteiger partial charge in [-0.25, -0.2) is 0 Å². The van der Waals surface area contributed by atoms with Gasteiger partial charge in [-0.1, -0.05) is 52.2 Å². The Bertz CT molecular complexity index is 626. The molecule has 0 aliphatic heterocycles. The maximum absolute atomic E-state index is 9.34. The standard InChI is InChI=1S/C28H48O2/c1-19(18-29)7-6-8-20(2)24-11-12-25-23-10-9-21-17-22(30-5)13-15-27(21,3)26(23)14-16-28(24,25)4/h9,19-20,22-26,29H,6-8,10-18H2,1-5H3/t19-,20-,22+,23+,24-,25+,26+,27+,28-/m1/s1. The van der Waals surface area contributed by atoms with Crippen LogP contribution in [0, 0.1) is 46.3 Å². The summed E-state index contributed by atoms with van der Waals surface area (Å²) < 4.78 is 5.75. The molecule has 3 fully saturated rings. The molecule has 4 rings (SSSR count). The largest absolute Gasteiger partial charge is 0.396 e. The van der Waals surface area contributed by atoms with Gasteiger partial charge in [-0.05, 0) is 104 Å². The monoisotopic (exact) mass is 416 g/mol. The predicted octanol–water partition coefficient (Wildman–Crippen LogP) is 7.02. The topological polar surface area (TPSA) is 29.5 Å².